The van der Waals surface area contributed by atoms with Crippen LogP contribution in [0.2, 0.25) is 0 Å². The Morgan fingerprint density at radius 1 is 1.48 bits per heavy atom. The van der Waals surface area contributed by atoms with Crippen LogP contribution in [-0.4, -0.2) is 47.1 Å². The topological polar surface area (TPSA) is 68.7 Å². The van der Waals surface area contributed by atoms with Crippen molar-refractivity contribution in [3.63, 3.8) is 0 Å². The van der Waals surface area contributed by atoms with Crippen molar-refractivity contribution in [3.05, 3.63) is 42.2 Å². The van der Waals surface area contributed by atoms with E-state index >= 15 is 0 Å². The Balaban J connectivity index is 1.67. The standard InChI is InChI=1S/C17H18N2O4/c1-10(11-4-7-18-8-5-11)19-9-17-6-3-12(23-17)13(16(21)22-2)14(17)15(19)20/h3-8,10,12-14H,9H2,1-2H3/t10-,12+,13+,14-,17-/m1/s1. The summed E-state index contributed by atoms with van der Waals surface area (Å²) in [5.74, 6) is -1.46. The van der Waals surface area contributed by atoms with E-state index in [0.29, 0.717) is 6.54 Å². The van der Waals surface area contributed by atoms with Crippen molar-refractivity contribution < 1.29 is 19.1 Å². The summed E-state index contributed by atoms with van der Waals surface area (Å²) in [6.07, 6.45) is 6.90. The van der Waals surface area contributed by atoms with Crippen LogP contribution in [0.3, 0.4) is 0 Å². The first-order chi connectivity index (χ1) is 11.1. The van der Waals surface area contributed by atoms with E-state index in [9.17, 15) is 9.59 Å². The minimum Gasteiger partial charge on any atom is -0.469 e. The van der Waals surface area contributed by atoms with Gasteiger partial charge in [-0.15, -0.1) is 0 Å². The summed E-state index contributed by atoms with van der Waals surface area (Å²) >= 11 is 0. The number of hydrogen-bond donors (Lipinski definition) is 0. The van der Waals surface area contributed by atoms with Gasteiger partial charge in [0.1, 0.15) is 11.5 Å². The Morgan fingerprint density at radius 2 is 2.22 bits per heavy atom. The van der Waals surface area contributed by atoms with Crippen molar-refractivity contribution in [1.29, 1.82) is 0 Å². The summed E-state index contributed by atoms with van der Waals surface area (Å²) < 4.78 is 10.9. The Morgan fingerprint density at radius 3 is 2.91 bits per heavy atom. The van der Waals surface area contributed by atoms with E-state index in [1.165, 1.54) is 7.11 Å². The number of ether oxygens (including phenoxy) is 2. The van der Waals surface area contributed by atoms with Crippen molar-refractivity contribution in [2.45, 2.75) is 24.7 Å². The number of likely N-dealkylation sites (tertiary alicyclic amines) is 1. The average molecular weight is 314 g/mol. The summed E-state index contributed by atoms with van der Waals surface area (Å²) in [5, 5.41) is 0. The van der Waals surface area contributed by atoms with E-state index in [2.05, 4.69) is 4.98 Å². The third-order valence-electron chi connectivity index (χ3n) is 5.26. The quantitative estimate of drug-likeness (QED) is 0.617. The smallest absolute Gasteiger partial charge is 0.312 e. The molecule has 4 rings (SSSR count). The minimum absolute atomic E-state index is 0.0448. The lowest BCUT2D eigenvalue weighted by molar-refractivity contribution is -0.151. The number of rotatable bonds is 3. The fraction of sp³-hybridized carbons (Fsp3) is 0.471. The maximum absolute atomic E-state index is 13.0. The largest absolute Gasteiger partial charge is 0.469 e. The number of nitrogens with zero attached hydrogens (tertiary/aromatic N) is 2. The lowest BCUT2D eigenvalue weighted by Gasteiger charge is -2.27. The SMILES string of the molecule is COC(=O)[C@H]1[C@@H]2C=C[C@]3(CN([C@H](C)c4ccncc4)C(=O)[C@@H]13)O2. The van der Waals surface area contributed by atoms with Gasteiger partial charge in [-0.2, -0.15) is 0 Å². The van der Waals surface area contributed by atoms with Crippen molar-refractivity contribution in [3.8, 4) is 0 Å². The van der Waals surface area contributed by atoms with Gasteiger partial charge in [0, 0.05) is 12.4 Å². The molecular formula is C17H18N2O4. The molecule has 0 saturated carbocycles. The summed E-state index contributed by atoms with van der Waals surface area (Å²) in [6, 6.07) is 3.70. The van der Waals surface area contributed by atoms with Crippen LogP contribution in [0.1, 0.15) is 18.5 Å². The Kier molecular flexibility index (Phi) is 3.06. The van der Waals surface area contributed by atoms with Crippen molar-refractivity contribution in [2.75, 3.05) is 13.7 Å². The lowest BCUT2D eigenvalue weighted by Crippen LogP contribution is -2.39. The third-order valence-corrected chi connectivity index (χ3v) is 5.26. The molecule has 1 amide bonds. The van der Waals surface area contributed by atoms with E-state index in [0.717, 1.165) is 5.56 Å². The Hall–Kier alpha value is -2.21. The molecular weight excluding hydrogens is 296 g/mol. The molecule has 0 aromatic carbocycles. The molecule has 1 spiro atoms. The molecule has 0 aliphatic carbocycles. The molecule has 3 aliphatic rings. The summed E-state index contributed by atoms with van der Waals surface area (Å²) in [7, 11) is 1.35. The van der Waals surface area contributed by atoms with Crippen LogP contribution in [0.5, 0.6) is 0 Å². The van der Waals surface area contributed by atoms with Gasteiger partial charge >= 0.3 is 5.97 Å². The van der Waals surface area contributed by atoms with Crippen LogP contribution in [0, 0.1) is 11.8 Å². The third kappa shape index (κ3) is 1.88. The van der Waals surface area contributed by atoms with Crippen LogP contribution >= 0.6 is 0 Å². The molecule has 2 fully saturated rings. The van der Waals surface area contributed by atoms with Gasteiger partial charge in [0.15, 0.2) is 0 Å². The predicted molar refractivity (Wildman–Crippen MR) is 80.1 cm³/mol. The van der Waals surface area contributed by atoms with Gasteiger partial charge in [0.25, 0.3) is 0 Å². The van der Waals surface area contributed by atoms with E-state index < -0.39 is 17.4 Å². The first-order valence-corrected chi connectivity index (χ1v) is 7.73. The maximum atomic E-state index is 13.0. The maximum Gasteiger partial charge on any atom is 0.312 e. The fourth-order valence-corrected chi connectivity index (χ4v) is 4.08. The molecule has 1 aromatic rings. The first kappa shape index (κ1) is 14.4. The zero-order valence-electron chi connectivity index (χ0n) is 13.0. The van der Waals surface area contributed by atoms with Crippen LogP contribution < -0.4 is 0 Å². The molecule has 2 bridgehead atoms. The molecule has 4 heterocycles. The molecule has 0 unspecified atom stereocenters. The van der Waals surface area contributed by atoms with Gasteiger partial charge in [-0.3, -0.25) is 14.6 Å². The van der Waals surface area contributed by atoms with Gasteiger partial charge in [-0.1, -0.05) is 12.2 Å². The molecule has 3 aliphatic heterocycles. The molecule has 2 saturated heterocycles. The first-order valence-electron chi connectivity index (χ1n) is 7.73. The molecule has 6 heteroatoms. The summed E-state index contributed by atoms with van der Waals surface area (Å²) in [4.78, 5) is 30.9. The number of amides is 1. The van der Waals surface area contributed by atoms with E-state index in [1.807, 2.05) is 31.2 Å². The van der Waals surface area contributed by atoms with Crippen LogP contribution in [0.4, 0.5) is 0 Å². The Labute approximate surface area is 134 Å². The second kappa shape index (κ2) is 4.89. The van der Waals surface area contributed by atoms with Gasteiger partial charge < -0.3 is 14.4 Å². The lowest BCUT2D eigenvalue weighted by atomic mass is 9.77. The van der Waals surface area contributed by atoms with Gasteiger partial charge in [-0.05, 0) is 24.6 Å². The molecule has 0 N–H and O–H groups in total. The van der Waals surface area contributed by atoms with Gasteiger partial charge in [0.2, 0.25) is 5.91 Å². The molecule has 5 atom stereocenters. The number of fused-ring (bicyclic) bond motifs is 1. The van der Waals surface area contributed by atoms with Crippen LogP contribution in [0.25, 0.3) is 0 Å². The number of methoxy groups -OCH3 is 1. The number of aromatic nitrogens is 1. The van der Waals surface area contributed by atoms with Crippen LogP contribution in [-0.2, 0) is 19.1 Å². The fourth-order valence-electron chi connectivity index (χ4n) is 4.08. The zero-order valence-corrected chi connectivity index (χ0v) is 13.0. The molecule has 120 valence electrons. The number of pyridine rings is 1. The van der Waals surface area contributed by atoms with Crippen molar-refractivity contribution in [1.82, 2.24) is 9.88 Å². The normalized spacial score (nSPS) is 35.5. The highest BCUT2D eigenvalue weighted by Crippen LogP contribution is 2.53. The molecule has 23 heavy (non-hydrogen) atoms. The van der Waals surface area contributed by atoms with E-state index in [4.69, 9.17) is 9.47 Å². The predicted octanol–water partition coefficient (Wildman–Crippen LogP) is 1.10. The summed E-state index contributed by atoms with van der Waals surface area (Å²) in [5.41, 5.74) is 0.319. The van der Waals surface area contributed by atoms with Crippen molar-refractivity contribution >= 4 is 11.9 Å². The van der Waals surface area contributed by atoms with Gasteiger partial charge in [-0.25, -0.2) is 0 Å². The van der Waals surface area contributed by atoms with Crippen LogP contribution in [0.15, 0.2) is 36.7 Å². The highest BCUT2D eigenvalue weighted by Gasteiger charge is 2.67. The second-order valence-electron chi connectivity index (χ2n) is 6.35. The number of carbonyl (C=O) groups is 2. The van der Waals surface area contributed by atoms with E-state index in [1.54, 1.807) is 17.3 Å². The second-order valence-corrected chi connectivity index (χ2v) is 6.35. The minimum atomic E-state index is -0.693. The number of esters is 1. The zero-order chi connectivity index (χ0) is 16.2. The van der Waals surface area contributed by atoms with Crippen molar-refractivity contribution in [2.24, 2.45) is 11.8 Å². The molecule has 1 aromatic heterocycles. The number of carbonyl (C=O) groups excluding carboxylic acids is 2. The highest BCUT2D eigenvalue weighted by molar-refractivity contribution is 5.91. The highest BCUT2D eigenvalue weighted by atomic mass is 16.5. The average Bonchev–Trinajstić information content (AvgIpc) is 3.22. The van der Waals surface area contributed by atoms with E-state index in [-0.39, 0.29) is 24.0 Å². The monoisotopic (exact) mass is 314 g/mol. The number of hydrogen-bond acceptors (Lipinski definition) is 5. The molecule has 0 radical (unpaired) electrons. The molecule has 6 nitrogen and oxygen atoms in total. The Bertz CT molecular complexity index is 689. The van der Waals surface area contributed by atoms with Gasteiger partial charge in [0.05, 0.1) is 31.7 Å². The summed E-state index contributed by atoms with van der Waals surface area (Å²) in [6.45, 7) is 2.44.